The standard InChI is InChI=1S/C5H8O4.C5H10O2/c1-5(9-4-7)2-8-3-6;1-3-5(2)7-4-6/h3-5H,2H2,1H3;4-5H,3H2,1-2H3. The molecule has 2 atom stereocenters. The molecule has 0 saturated carbocycles. The molecule has 94 valence electrons. The van der Waals surface area contributed by atoms with Gasteiger partial charge in [-0.05, 0) is 20.3 Å². The lowest BCUT2D eigenvalue weighted by molar-refractivity contribution is -0.141. The number of carbonyl (C=O) groups is 3. The van der Waals surface area contributed by atoms with E-state index in [1.165, 1.54) is 0 Å². The molecule has 0 spiro atoms. The summed E-state index contributed by atoms with van der Waals surface area (Å²) in [4.78, 5) is 28.7. The van der Waals surface area contributed by atoms with Crippen LogP contribution in [0.2, 0.25) is 0 Å². The van der Waals surface area contributed by atoms with Crippen LogP contribution in [0.25, 0.3) is 0 Å². The molecule has 6 heteroatoms. The van der Waals surface area contributed by atoms with E-state index in [9.17, 15) is 14.4 Å². The molecule has 0 aromatic rings. The smallest absolute Gasteiger partial charge is 0.293 e. The Balaban J connectivity index is 0. The average molecular weight is 234 g/mol. The van der Waals surface area contributed by atoms with Crippen molar-refractivity contribution in [3.8, 4) is 0 Å². The van der Waals surface area contributed by atoms with Gasteiger partial charge in [0.15, 0.2) is 0 Å². The van der Waals surface area contributed by atoms with Gasteiger partial charge in [0.05, 0.1) is 6.10 Å². The first-order valence-electron chi connectivity index (χ1n) is 4.85. The van der Waals surface area contributed by atoms with E-state index >= 15 is 0 Å². The van der Waals surface area contributed by atoms with Crippen LogP contribution >= 0.6 is 0 Å². The average Bonchev–Trinajstić information content (AvgIpc) is 2.28. The first-order valence-corrected chi connectivity index (χ1v) is 4.85. The van der Waals surface area contributed by atoms with Crippen LogP contribution in [0.4, 0.5) is 0 Å². The van der Waals surface area contributed by atoms with Crippen molar-refractivity contribution in [3.63, 3.8) is 0 Å². The van der Waals surface area contributed by atoms with Crippen LogP contribution < -0.4 is 0 Å². The number of ether oxygens (including phenoxy) is 3. The fraction of sp³-hybridized carbons (Fsp3) is 0.700. The van der Waals surface area contributed by atoms with Crippen LogP contribution in [0.3, 0.4) is 0 Å². The molecule has 0 aromatic heterocycles. The van der Waals surface area contributed by atoms with E-state index in [4.69, 9.17) is 0 Å². The van der Waals surface area contributed by atoms with Crippen molar-refractivity contribution >= 4 is 19.4 Å². The molecule has 0 aliphatic rings. The third-order valence-electron chi connectivity index (χ3n) is 1.55. The van der Waals surface area contributed by atoms with Crippen LogP contribution in [0.15, 0.2) is 0 Å². The highest BCUT2D eigenvalue weighted by Crippen LogP contribution is 1.90. The predicted octanol–water partition coefficient (Wildman–Crippen LogP) is 0.679. The molecule has 0 fully saturated rings. The lowest BCUT2D eigenvalue weighted by Crippen LogP contribution is -2.14. The third kappa shape index (κ3) is 14.9. The number of hydrogen-bond donors (Lipinski definition) is 0. The third-order valence-corrected chi connectivity index (χ3v) is 1.55. The van der Waals surface area contributed by atoms with Gasteiger partial charge in [-0.25, -0.2) is 0 Å². The predicted molar refractivity (Wildman–Crippen MR) is 55.5 cm³/mol. The zero-order valence-electron chi connectivity index (χ0n) is 9.75. The molecule has 16 heavy (non-hydrogen) atoms. The summed E-state index contributed by atoms with van der Waals surface area (Å²) in [5.41, 5.74) is 0. The summed E-state index contributed by atoms with van der Waals surface area (Å²) in [6.07, 6.45) is 0.615. The van der Waals surface area contributed by atoms with Gasteiger partial charge in [0, 0.05) is 0 Å². The number of rotatable bonds is 8. The molecular formula is C10H18O6. The zero-order valence-corrected chi connectivity index (χ0v) is 9.75. The summed E-state index contributed by atoms with van der Waals surface area (Å²) < 4.78 is 13.2. The molecule has 0 amide bonds. The van der Waals surface area contributed by atoms with Gasteiger partial charge in [0.1, 0.15) is 12.7 Å². The Labute approximate surface area is 94.9 Å². The molecule has 0 bridgehead atoms. The molecule has 0 aliphatic carbocycles. The maximum atomic E-state index is 9.61. The number of hydrogen-bond acceptors (Lipinski definition) is 6. The van der Waals surface area contributed by atoms with Gasteiger partial charge in [0.2, 0.25) is 0 Å². The highest BCUT2D eigenvalue weighted by Gasteiger charge is 1.98. The molecule has 0 aromatic carbocycles. The van der Waals surface area contributed by atoms with Gasteiger partial charge >= 0.3 is 0 Å². The highest BCUT2D eigenvalue weighted by atomic mass is 16.6. The van der Waals surface area contributed by atoms with E-state index in [1.807, 2.05) is 13.8 Å². The summed E-state index contributed by atoms with van der Waals surface area (Å²) in [7, 11) is 0. The van der Waals surface area contributed by atoms with Crippen LogP contribution in [0, 0.1) is 0 Å². The van der Waals surface area contributed by atoms with E-state index in [0.29, 0.717) is 19.4 Å². The lowest BCUT2D eigenvalue weighted by Gasteiger charge is -2.05. The first kappa shape index (κ1) is 16.8. The van der Waals surface area contributed by atoms with Crippen molar-refractivity contribution in [1.82, 2.24) is 0 Å². The summed E-state index contributed by atoms with van der Waals surface area (Å²) in [6.45, 7) is 6.67. The minimum absolute atomic E-state index is 0.0810. The van der Waals surface area contributed by atoms with Crippen molar-refractivity contribution in [2.45, 2.75) is 39.4 Å². The summed E-state index contributed by atoms with van der Waals surface area (Å²) in [5, 5.41) is 0. The van der Waals surface area contributed by atoms with Gasteiger partial charge < -0.3 is 14.2 Å². The Morgan fingerprint density at radius 3 is 1.75 bits per heavy atom. The van der Waals surface area contributed by atoms with Gasteiger partial charge in [-0.15, -0.1) is 0 Å². The Morgan fingerprint density at radius 2 is 1.44 bits per heavy atom. The maximum Gasteiger partial charge on any atom is 0.293 e. The summed E-state index contributed by atoms with van der Waals surface area (Å²) >= 11 is 0. The van der Waals surface area contributed by atoms with E-state index in [-0.39, 0.29) is 18.8 Å². The normalized spacial score (nSPS) is 12.2. The van der Waals surface area contributed by atoms with Crippen molar-refractivity contribution in [2.24, 2.45) is 0 Å². The van der Waals surface area contributed by atoms with Crippen LogP contribution in [0.1, 0.15) is 27.2 Å². The Hall–Kier alpha value is -1.59. The topological polar surface area (TPSA) is 78.9 Å². The quantitative estimate of drug-likeness (QED) is 0.454. The molecule has 0 saturated heterocycles. The highest BCUT2D eigenvalue weighted by molar-refractivity contribution is 5.38. The minimum Gasteiger partial charge on any atom is -0.465 e. The van der Waals surface area contributed by atoms with Gasteiger partial charge in [-0.2, -0.15) is 0 Å². The zero-order chi connectivity index (χ0) is 12.8. The molecular weight excluding hydrogens is 216 g/mol. The van der Waals surface area contributed by atoms with Crippen molar-refractivity contribution in [2.75, 3.05) is 6.61 Å². The molecule has 2 unspecified atom stereocenters. The van der Waals surface area contributed by atoms with E-state index in [2.05, 4.69) is 14.2 Å². The molecule has 0 aliphatic heterocycles. The van der Waals surface area contributed by atoms with Gasteiger partial charge in [-0.1, -0.05) is 6.92 Å². The largest absolute Gasteiger partial charge is 0.465 e. The van der Waals surface area contributed by atoms with Crippen molar-refractivity contribution in [3.05, 3.63) is 0 Å². The summed E-state index contributed by atoms with van der Waals surface area (Å²) in [6, 6.07) is 0. The van der Waals surface area contributed by atoms with E-state index < -0.39 is 0 Å². The minimum atomic E-state index is -0.354. The van der Waals surface area contributed by atoms with Crippen LogP contribution in [-0.4, -0.2) is 38.2 Å². The molecule has 0 N–H and O–H groups in total. The fourth-order valence-electron chi connectivity index (χ4n) is 0.500. The Morgan fingerprint density at radius 1 is 0.938 bits per heavy atom. The second kappa shape index (κ2) is 13.4. The van der Waals surface area contributed by atoms with E-state index in [1.54, 1.807) is 6.92 Å². The SMILES string of the molecule is CC(COC=O)OC=O.CCC(C)OC=O. The fourth-order valence-corrected chi connectivity index (χ4v) is 0.500. The van der Waals surface area contributed by atoms with E-state index in [0.717, 1.165) is 6.42 Å². The Kier molecular flexibility index (Phi) is 14.1. The Bertz CT molecular complexity index is 182. The molecule has 0 heterocycles. The van der Waals surface area contributed by atoms with Gasteiger partial charge in [0.25, 0.3) is 19.4 Å². The second-order valence-electron chi connectivity index (χ2n) is 2.92. The number of carbonyl (C=O) groups excluding carboxylic acids is 3. The van der Waals surface area contributed by atoms with Crippen molar-refractivity contribution < 1.29 is 28.6 Å². The summed E-state index contributed by atoms with van der Waals surface area (Å²) in [5.74, 6) is 0. The van der Waals surface area contributed by atoms with Crippen LogP contribution in [-0.2, 0) is 28.6 Å². The van der Waals surface area contributed by atoms with Crippen molar-refractivity contribution in [1.29, 1.82) is 0 Å². The lowest BCUT2D eigenvalue weighted by atomic mass is 10.3. The molecule has 0 radical (unpaired) electrons. The maximum absolute atomic E-state index is 9.61. The first-order chi connectivity index (χ1) is 7.62. The van der Waals surface area contributed by atoms with Crippen LogP contribution in [0.5, 0.6) is 0 Å². The second-order valence-corrected chi connectivity index (χ2v) is 2.92. The monoisotopic (exact) mass is 234 g/mol. The molecule has 6 nitrogen and oxygen atoms in total. The molecule has 0 rings (SSSR count). The van der Waals surface area contributed by atoms with Gasteiger partial charge in [-0.3, -0.25) is 14.4 Å².